The van der Waals surface area contributed by atoms with Crippen molar-refractivity contribution in [3.63, 3.8) is 0 Å². The van der Waals surface area contributed by atoms with Gasteiger partial charge in [0.15, 0.2) is 34.9 Å². The van der Waals surface area contributed by atoms with Crippen LogP contribution in [-0.2, 0) is 12.8 Å². The van der Waals surface area contributed by atoms with Crippen LogP contribution in [0, 0.1) is 82.3 Å². The summed E-state index contributed by atoms with van der Waals surface area (Å²) in [4.78, 5) is 6.71. The predicted octanol–water partition coefficient (Wildman–Crippen LogP) is 9.04. The topological polar surface area (TPSA) is 56.3 Å². The van der Waals surface area contributed by atoms with Crippen LogP contribution in [0.15, 0.2) is 95.3 Å². The van der Waals surface area contributed by atoms with Gasteiger partial charge in [-0.05, 0) is 127 Å². The first-order valence-corrected chi connectivity index (χ1v) is 15.7. The standard InChI is InChI=1S/C42H16F8N4/c1-53-42(54-2)29-16-28-35(20-5-9-25(44)10-6-20)38-27(15-26(23(17-51)18-52)36(38)21-11-30(45)40(49)31(46)12-21)34(19-3-7-24(43)8-4-19)39(28)37(29)22-13-32(47)41(50)33(48)14-22/h3-14H,15-16H2. The molecule has 0 N–H and O–H groups in total. The summed E-state index contributed by atoms with van der Waals surface area (Å²) in [5, 5.41) is 20.5. The molecule has 12 heteroatoms. The number of hydrogen-bond donors (Lipinski definition) is 0. The summed E-state index contributed by atoms with van der Waals surface area (Å²) in [7, 11) is 0. The molecule has 0 radical (unpaired) electrons. The van der Waals surface area contributed by atoms with E-state index in [1.54, 1.807) is 12.1 Å². The minimum Gasteiger partial charge on any atom is -0.207 e. The van der Waals surface area contributed by atoms with Crippen molar-refractivity contribution in [1.29, 1.82) is 10.5 Å². The second kappa shape index (κ2) is 13.4. The molecule has 260 valence electrons. The van der Waals surface area contributed by atoms with Crippen molar-refractivity contribution in [1.82, 2.24) is 0 Å². The molecule has 2 aliphatic rings. The van der Waals surface area contributed by atoms with Crippen LogP contribution < -0.4 is 10.4 Å². The molecule has 5 aromatic carbocycles. The first-order chi connectivity index (χ1) is 25.9. The van der Waals surface area contributed by atoms with Gasteiger partial charge in [0, 0.05) is 6.42 Å². The summed E-state index contributed by atoms with van der Waals surface area (Å²) in [6, 6.07) is 16.1. The largest absolute Gasteiger partial charge is 0.523 e. The summed E-state index contributed by atoms with van der Waals surface area (Å²) in [5.41, 5.74) is 0.00903. The first kappa shape index (κ1) is 35.1. The number of fused-ring (bicyclic) bond motifs is 2. The zero-order valence-electron chi connectivity index (χ0n) is 27.2. The Morgan fingerprint density at radius 1 is 0.519 bits per heavy atom. The van der Waals surface area contributed by atoms with E-state index in [2.05, 4.69) is 9.69 Å². The number of hydrogen-bond acceptors (Lipinski definition) is 2. The molecule has 0 heterocycles. The maximum absolute atomic E-state index is 15.0. The summed E-state index contributed by atoms with van der Waals surface area (Å²) < 4.78 is 118. The second-order valence-electron chi connectivity index (χ2n) is 12.2. The average Bonchev–Trinajstić information content (AvgIpc) is 3.73. The van der Waals surface area contributed by atoms with Crippen LogP contribution >= 0.6 is 0 Å². The van der Waals surface area contributed by atoms with Gasteiger partial charge >= 0.3 is 5.82 Å². The molecule has 2 aliphatic carbocycles. The normalized spacial score (nSPS) is 12.8. The summed E-state index contributed by atoms with van der Waals surface area (Å²) >= 11 is 0. The number of halogens is 8. The second-order valence-corrected chi connectivity index (χ2v) is 12.2. The van der Waals surface area contributed by atoms with Crippen LogP contribution in [0.5, 0.6) is 0 Å². The number of nitriles is 2. The lowest BCUT2D eigenvalue weighted by Crippen LogP contribution is -2.25. The Labute approximate surface area is 301 Å². The van der Waals surface area contributed by atoms with E-state index >= 15 is 0 Å². The molecule has 0 bridgehead atoms. The lowest BCUT2D eigenvalue weighted by molar-refractivity contribution is 0.446. The van der Waals surface area contributed by atoms with Gasteiger partial charge in [0.1, 0.15) is 42.5 Å². The first-order valence-electron chi connectivity index (χ1n) is 15.7. The molecule has 0 amide bonds. The van der Waals surface area contributed by atoms with Crippen molar-refractivity contribution < 1.29 is 35.1 Å². The molecule has 0 fully saturated rings. The Balaban J connectivity index is 1.87. The van der Waals surface area contributed by atoms with Gasteiger partial charge < -0.3 is 0 Å². The Hall–Kier alpha value is -7.28. The van der Waals surface area contributed by atoms with Crippen molar-refractivity contribution in [3.8, 4) is 34.4 Å². The van der Waals surface area contributed by atoms with Gasteiger partial charge in [-0.15, -0.1) is 0 Å². The van der Waals surface area contributed by atoms with Crippen molar-refractivity contribution in [2.75, 3.05) is 0 Å². The lowest BCUT2D eigenvalue weighted by atomic mass is 9.86. The van der Waals surface area contributed by atoms with Crippen molar-refractivity contribution in [2.45, 2.75) is 12.8 Å². The van der Waals surface area contributed by atoms with Crippen LogP contribution in [-0.4, -0.2) is 0 Å². The average molecular weight is 729 g/mol. The fourth-order valence-electron chi connectivity index (χ4n) is 7.22. The van der Waals surface area contributed by atoms with Gasteiger partial charge in [-0.3, -0.25) is 0 Å². The Morgan fingerprint density at radius 2 is 0.870 bits per heavy atom. The van der Waals surface area contributed by atoms with Gasteiger partial charge in [-0.25, -0.2) is 35.1 Å². The molecular formula is C42H16F8N4. The maximum Gasteiger partial charge on any atom is 0.523 e. The van der Waals surface area contributed by atoms with E-state index in [9.17, 15) is 45.6 Å². The third kappa shape index (κ3) is 5.50. The zero-order valence-corrected chi connectivity index (χ0v) is 27.2. The summed E-state index contributed by atoms with van der Waals surface area (Å²) in [5.74, 6) is -11.8. The molecule has 5 aromatic rings. The highest BCUT2D eigenvalue weighted by Crippen LogP contribution is 2.43. The van der Waals surface area contributed by atoms with Crippen LogP contribution in [0.1, 0.15) is 22.3 Å². The van der Waals surface area contributed by atoms with Gasteiger partial charge in [-0.1, -0.05) is 24.3 Å². The van der Waals surface area contributed by atoms with Crippen LogP contribution in [0.2, 0.25) is 0 Å². The van der Waals surface area contributed by atoms with Gasteiger partial charge in [0.25, 0.3) is 0 Å². The maximum atomic E-state index is 15.0. The van der Waals surface area contributed by atoms with Crippen molar-refractivity contribution in [2.24, 2.45) is 0 Å². The Bertz CT molecular complexity index is 2600. The van der Waals surface area contributed by atoms with E-state index in [-0.39, 0.29) is 90.1 Å². The summed E-state index contributed by atoms with van der Waals surface area (Å²) in [6.07, 6.45) is -0.645. The van der Waals surface area contributed by atoms with Crippen molar-refractivity contribution >= 4 is 11.1 Å². The molecule has 0 atom stereocenters. The molecular weight excluding hydrogens is 712 g/mol. The zero-order chi connectivity index (χ0) is 38.6. The molecule has 0 aromatic heterocycles. The van der Waals surface area contributed by atoms with Crippen molar-refractivity contribution in [3.05, 3.63) is 197 Å². The van der Waals surface area contributed by atoms with E-state index in [1.807, 2.05) is 0 Å². The molecule has 0 spiro atoms. The third-order valence-electron chi connectivity index (χ3n) is 9.34. The van der Waals surface area contributed by atoms with Crippen LogP contribution in [0.3, 0.4) is 0 Å². The predicted molar refractivity (Wildman–Crippen MR) is 180 cm³/mol. The highest BCUT2D eigenvalue weighted by Gasteiger charge is 2.37. The molecule has 4 nitrogen and oxygen atoms in total. The Kier molecular flexibility index (Phi) is 8.69. The number of benzene rings is 5. The van der Waals surface area contributed by atoms with E-state index in [0.29, 0.717) is 24.3 Å². The smallest absolute Gasteiger partial charge is 0.207 e. The fraction of sp³-hybridized carbons (Fsp3) is 0.0476. The molecule has 7 rings (SSSR count). The molecule has 0 saturated carbocycles. The highest BCUT2D eigenvalue weighted by atomic mass is 19.2. The minimum atomic E-state index is -1.79. The van der Waals surface area contributed by atoms with Gasteiger partial charge in [0.2, 0.25) is 0 Å². The number of nitrogens with zero attached hydrogens (tertiary/aromatic N) is 4. The van der Waals surface area contributed by atoms with Gasteiger partial charge in [-0.2, -0.15) is 20.2 Å². The Morgan fingerprint density at radius 3 is 1.22 bits per heavy atom. The number of rotatable bonds is 4. The van der Waals surface area contributed by atoms with E-state index in [0.717, 1.165) is 24.3 Å². The quantitative estimate of drug-likeness (QED) is 0.0803. The van der Waals surface area contributed by atoms with E-state index in [1.165, 1.54) is 24.3 Å². The van der Waals surface area contributed by atoms with E-state index in [4.69, 9.17) is 13.1 Å². The molecule has 0 saturated heterocycles. The molecule has 0 aliphatic heterocycles. The fourth-order valence-corrected chi connectivity index (χ4v) is 7.22. The monoisotopic (exact) mass is 728 g/mol. The SMILES string of the molecule is [C-]#[N+]C([N+]#[C-])=C1Cc2c(-c3ccc(F)cc3)c3c(c(-c4ccc(F)cc4)c2=C1c1cc(F)c(F)c(F)c1)CC(=C(C#N)C#N)C=3c1cc(F)c(F)c(F)c1. The van der Waals surface area contributed by atoms with E-state index < -0.39 is 57.9 Å². The minimum absolute atomic E-state index is 0.0401. The van der Waals surface area contributed by atoms with Crippen LogP contribution in [0.25, 0.3) is 43.1 Å². The third-order valence-corrected chi connectivity index (χ3v) is 9.34. The molecule has 0 unspecified atom stereocenters. The molecule has 54 heavy (non-hydrogen) atoms. The summed E-state index contributed by atoms with van der Waals surface area (Å²) in [6.45, 7) is 15.6. The van der Waals surface area contributed by atoms with Crippen LogP contribution in [0.4, 0.5) is 35.1 Å². The van der Waals surface area contributed by atoms with Gasteiger partial charge in [0.05, 0.1) is 5.57 Å². The highest BCUT2D eigenvalue weighted by molar-refractivity contribution is 5.98. The number of allylic oxidation sites excluding steroid dienone is 3. The lowest BCUT2D eigenvalue weighted by Gasteiger charge is -2.17.